The highest BCUT2D eigenvalue weighted by Crippen LogP contribution is 2.25. The van der Waals surface area contributed by atoms with Gasteiger partial charge in [0.2, 0.25) is 5.91 Å². The Balaban J connectivity index is 2.69. The third kappa shape index (κ3) is 3.40. The summed E-state index contributed by atoms with van der Waals surface area (Å²) in [5, 5.41) is 6.11. The smallest absolute Gasteiger partial charge is 0.234 e. The predicted octanol–water partition coefficient (Wildman–Crippen LogP) is 1.18. The number of methoxy groups -OCH3 is 1. The second-order valence-corrected chi connectivity index (χ2v) is 3.63. The number of benzene rings is 1. The number of ether oxygens (including phenoxy) is 1. The molecule has 0 spiro atoms. The summed E-state index contributed by atoms with van der Waals surface area (Å²) >= 11 is 6.02. The van der Waals surface area contributed by atoms with Gasteiger partial charge in [-0.3, -0.25) is 4.79 Å². The molecule has 0 aliphatic rings. The molecule has 2 N–H and O–H groups in total. The molecular weight excluding hydrogens is 228 g/mol. The highest BCUT2D eigenvalue weighted by atomic mass is 35.5. The molecule has 16 heavy (non-hydrogen) atoms. The first kappa shape index (κ1) is 12.8. The zero-order valence-corrected chi connectivity index (χ0v) is 10.1. The number of hydrogen-bond donors (Lipinski definition) is 2. The van der Waals surface area contributed by atoms with Crippen LogP contribution in [0.3, 0.4) is 0 Å². The van der Waals surface area contributed by atoms with Crippen LogP contribution in [0.25, 0.3) is 0 Å². The van der Waals surface area contributed by atoms with Crippen molar-refractivity contribution in [1.82, 2.24) is 10.6 Å². The summed E-state index contributed by atoms with van der Waals surface area (Å²) < 4.78 is 5.17. The number of rotatable bonds is 5. The molecule has 0 aliphatic heterocycles. The average Bonchev–Trinajstić information content (AvgIpc) is 2.27. The van der Waals surface area contributed by atoms with Crippen LogP contribution in [0.5, 0.6) is 5.75 Å². The number of carbonyl (C=O) groups excluding carboxylic acids is 1. The summed E-state index contributed by atoms with van der Waals surface area (Å²) in [5.74, 6) is 0.599. The van der Waals surface area contributed by atoms with E-state index in [2.05, 4.69) is 10.6 Å². The van der Waals surface area contributed by atoms with E-state index < -0.39 is 0 Å². The van der Waals surface area contributed by atoms with E-state index in [1.54, 1.807) is 26.3 Å². The van der Waals surface area contributed by atoms with Crippen molar-refractivity contribution < 1.29 is 9.53 Å². The Bertz CT molecular complexity index is 369. The van der Waals surface area contributed by atoms with Gasteiger partial charge in [0.25, 0.3) is 0 Å². The fourth-order valence-corrected chi connectivity index (χ4v) is 1.54. The van der Waals surface area contributed by atoms with Gasteiger partial charge in [0, 0.05) is 17.1 Å². The lowest BCUT2D eigenvalue weighted by Gasteiger charge is -2.11. The van der Waals surface area contributed by atoms with Gasteiger partial charge in [0.05, 0.1) is 13.7 Å². The van der Waals surface area contributed by atoms with Crippen LogP contribution >= 0.6 is 11.6 Å². The van der Waals surface area contributed by atoms with Gasteiger partial charge in [-0.15, -0.1) is 0 Å². The maximum atomic E-state index is 11.3. The van der Waals surface area contributed by atoms with Crippen molar-refractivity contribution >= 4 is 17.5 Å². The molecule has 1 amide bonds. The summed E-state index contributed by atoms with van der Waals surface area (Å²) in [7, 11) is 3.29. The lowest BCUT2D eigenvalue weighted by Crippen LogP contribution is -2.31. The van der Waals surface area contributed by atoms with Gasteiger partial charge in [0.1, 0.15) is 5.75 Å². The van der Waals surface area contributed by atoms with Crippen LogP contribution in [0.2, 0.25) is 5.02 Å². The molecule has 0 unspecified atom stereocenters. The SMILES string of the molecule is CNCC(=O)NCc1c(Cl)cccc1OC. The Hall–Kier alpha value is -1.26. The molecule has 0 bridgehead atoms. The molecule has 1 rings (SSSR count). The fourth-order valence-electron chi connectivity index (χ4n) is 1.31. The molecule has 0 heterocycles. The molecule has 1 aromatic rings. The first-order chi connectivity index (χ1) is 7.69. The van der Waals surface area contributed by atoms with Crippen LogP contribution in [0.1, 0.15) is 5.56 Å². The standard InChI is InChI=1S/C11H15ClN2O2/c1-13-7-11(15)14-6-8-9(12)4-3-5-10(8)16-2/h3-5,13H,6-7H2,1-2H3,(H,14,15). The van der Waals surface area contributed by atoms with Gasteiger partial charge in [-0.1, -0.05) is 17.7 Å². The maximum Gasteiger partial charge on any atom is 0.234 e. The molecule has 0 saturated carbocycles. The van der Waals surface area contributed by atoms with Crippen molar-refractivity contribution in [2.45, 2.75) is 6.54 Å². The Morgan fingerprint density at radius 1 is 1.50 bits per heavy atom. The number of carbonyl (C=O) groups is 1. The van der Waals surface area contributed by atoms with Gasteiger partial charge in [0.15, 0.2) is 0 Å². The Labute approximate surface area is 99.9 Å². The van der Waals surface area contributed by atoms with E-state index in [0.29, 0.717) is 17.3 Å². The van der Waals surface area contributed by atoms with E-state index in [9.17, 15) is 4.79 Å². The first-order valence-corrected chi connectivity index (χ1v) is 5.29. The molecule has 0 fully saturated rings. The van der Waals surface area contributed by atoms with Crippen molar-refractivity contribution in [1.29, 1.82) is 0 Å². The first-order valence-electron chi connectivity index (χ1n) is 4.91. The number of amides is 1. The summed E-state index contributed by atoms with van der Waals surface area (Å²) in [6.45, 7) is 0.649. The van der Waals surface area contributed by atoms with E-state index in [0.717, 1.165) is 5.56 Å². The van der Waals surface area contributed by atoms with Crippen LogP contribution < -0.4 is 15.4 Å². The lowest BCUT2D eigenvalue weighted by molar-refractivity contribution is -0.120. The minimum atomic E-state index is -0.0792. The van der Waals surface area contributed by atoms with E-state index in [-0.39, 0.29) is 12.5 Å². The van der Waals surface area contributed by atoms with Crippen LogP contribution in [-0.4, -0.2) is 26.6 Å². The summed E-state index contributed by atoms with van der Waals surface area (Å²) in [5.41, 5.74) is 0.788. The molecule has 0 aromatic heterocycles. The van der Waals surface area contributed by atoms with Gasteiger partial charge < -0.3 is 15.4 Å². The third-order valence-corrected chi connectivity index (χ3v) is 2.45. The van der Waals surface area contributed by atoms with Crippen molar-refractivity contribution in [2.24, 2.45) is 0 Å². The predicted molar refractivity (Wildman–Crippen MR) is 63.8 cm³/mol. The Morgan fingerprint density at radius 3 is 2.88 bits per heavy atom. The average molecular weight is 243 g/mol. The van der Waals surface area contributed by atoms with E-state index in [1.165, 1.54) is 0 Å². The summed E-state index contributed by atoms with van der Waals surface area (Å²) in [6.07, 6.45) is 0. The minimum Gasteiger partial charge on any atom is -0.496 e. The second kappa shape index (κ2) is 6.35. The molecular formula is C11H15ClN2O2. The molecule has 88 valence electrons. The molecule has 0 radical (unpaired) electrons. The van der Waals surface area contributed by atoms with Crippen molar-refractivity contribution in [2.75, 3.05) is 20.7 Å². The highest BCUT2D eigenvalue weighted by Gasteiger charge is 2.08. The Morgan fingerprint density at radius 2 is 2.25 bits per heavy atom. The molecule has 0 atom stereocenters. The third-order valence-electron chi connectivity index (χ3n) is 2.10. The van der Waals surface area contributed by atoms with E-state index >= 15 is 0 Å². The van der Waals surface area contributed by atoms with Crippen molar-refractivity contribution in [3.63, 3.8) is 0 Å². The van der Waals surface area contributed by atoms with Gasteiger partial charge in [-0.05, 0) is 19.2 Å². The summed E-state index contributed by atoms with van der Waals surface area (Å²) in [4.78, 5) is 11.3. The van der Waals surface area contributed by atoms with Gasteiger partial charge in [-0.2, -0.15) is 0 Å². The van der Waals surface area contributed by atoms with Crippen LogP contribution in [0, 0.1) is 0 Å². The topological polar surface area (TPSA) is 50.4 Å². The number of hydrogen-bond acceptors (Lipinski definition) is 3. The normalized spacial score (nSPS) is 9.94. The van der Waals surface area contributed by atoms with Crippen molar-refractivity contribution in [3.05, 3.63) is 28.8 Å². The molecule has 4 nitrogen and oxygen atoms in total. The number of likely N-dealkylation sites (N-methyl/N-ethyl adjacent to an activating group) is 1. The van der Waals surface area contributed by atoms with Crippen LogP contribution in [0.15, 0.2) is 18.2 Å². The number of nitrogens with one attached hydrogen (secondary N) is 2. The molecule has 1 aromatic carbocycles. The van der Waals surface area contributed by atoms with Gasteiger partial charge in [-0.25, -0.2) is 0 Å². The minimum absolute atomic E-state index is 0.0792. The number of halogens is 1. The lowest BCUT2D eigenvalue weighted by atomic mass is 10.2. The van der Waals surface area contributed by atoms with Gasteiger partial charge >= 0.3 is 0 Å². The fraction of sp³-hybridized carbons (Fsp3) is 0.364. The quantitative estimate of drug-likeness (QED) is 0.816. The zero-order chi connectivity index (χ0) is 12.0. The van der Waals surface area contributed by atoms with E-state index in [4.69, 9.17) is 16.3 Å². The summed E-state index contributed by atoms with van der Waals surface area (Å²) in [6, 6.07) is 5.38. The van der Waals surface area contributed by atoms with E-state index in [1.807, 2.05) is 6.07 Å². The van der Waals surface area contributed by atoms with Crippen LogP contribution in [0.4, 0.5) is 0 Å². The largest absolute Gasteiger partial charge is 0.496 e. The highest BCUT2D eigenvalue weighted by molar-refractivity contribution is 6.31. The van der Waals surface area contributed by atoms with Crippen molar-refractivity contribution in [3.8, 4) is 5.75 Å². The van der Waals surface area contributed by atoms with Crippen LogP contribution in [-0.2, 0) is 11.3 Å². The molecule has 0 aliphatic carbocycles. The molecule has 0 saturated heterocycles. The monoisotopic (exact) mass is 242 g/mol. The second-order valence-electron chi connectivity index (χ2n) is 3.23. The zero-order valence-electron chi connectivity index (χ0n) is 9.34. The Kier molecular flexibility index (Phi) is 5.08. The maximum absolute atomic E-state index is 11.3. The molecule has 5 heteroatoms.